The summed E-state index contributed by atoms with van der Waals surface area (Å²) in [5.41, 5.74) is 4.31. The lowest BCUT2D eigenvalue weighted by atomic mass is 9.95. The van der Waals surface area contributed by atoms with Gasteiger partial charge in [-0.15, -0.1) is 0 Å². The Balaban J connectivity index is 1.38. The van der Waals surface area contributed by atoms with Crippen LogP contribution in [0, 0.1) is 12.8 Å². The Bertz CT molecular complexity index is 999. The molecule has 3 aromatic rings. The fraction of sp³-hybridized carbons (Fsp3) is 0.417. The summed E-state index contributed by atoms with van der Waals surface area (Å²) >= 11 is 0. The summed E-state index contributed by atoms with van der Waals surface area (Å²) in [6.45, 7) is 9.14. The van der Waals surface area contributed by atoms with Crippen LogP contribution in [0.15, 0.2) is 48.5 Å². The number of likely N-dealkylation sites (tertiary alicyclic amines) is 1. The van der Waals surface area contributed by atoms with Crippen LogP contribution in [0.3, 0.4) is 0 Å². The Morgan fingerprint density at radius 3 is 2.62 bits per heavy atom. The highest BCUT2D eigenvalue weighted by molar-refractivity contribution is 5.92. The molecule has 0 atom stereocenters. The molecule has 0 bridgehead atoms. The second kappa shape index (κ2) is 8.37. The summed E-state index contributed by atoms with van der Waals surface area (Å²) in [5.74, 6) is 1.34. The lowest BCUT2D eigenvalue weighted by Gasteiger charge is -2.31. The molecule has 5 nitrogen and oxygen atoms in total. The zero-order chi connectivity index (χ0) is 20.4. The number of piperidine rings is 1. The number of imidazole rings is 1. The summed E-state index contributed by atoms with van der Waals surface area (Å²) in [6, 6.07) is 16.7. The van der Waals surface area contributed by atoms with Crippen LogP contribution in [0.25, 0.3) is 11.0 Å². The predicted octanol–water partition coefficient (Wildman–Crippen LogP) is 4.78. The first kappa shape index (κ1) is 19.6. The van der Waals surface area contributed by atoms with E-state index in [9.17, 15) is 4.79 Å². The number of benzene rings is 2. The van der Waals surface area contributed by atoms with Crippen molar-refractivity contribution in [3.8, 4) is 0 Å². The van der Waals surface area contributed by atoms with Gasteiger partial charge in [0.25, 0.3) is 0 Å². The third-order valence-electron chi connectivity index (χ3n) is 5.79. The molecule has 1 saturated heterocycles. The number of rotatable bonds is 5. The molecule has 1 aromatic heterocycles. The van der Waals surface area contributed by atoms with Crippen LogP contribution in [0.1, 0.15) is 44.1 Å². The van der Waals surface area contributed by atoms with Gasteiger partial charge < -0.3 is 9.88 Å². The van der Waals surface area contributed by atoms with Crippen molar-refractivity contribution in [1.82, 2.24) is 14.5 Å². The molecule has 152 valence electrons. The molecule has 5 heteroatoms. The first-order valence-electron chi connectivity index (χ1n) is 10.6. The molecule has 0 spiro atoms. The van der Waals surface area contributed by atoms with Crippen molar-refractivity contribution >= 4 is 22.6 Å². The van der Waals surface area contributed by atoms with E-state index in [0.717, 1.165) is 55.1 Å². The maximum absolute atomic E-state index is 12.7. The number of carbonyl (C=O) groups excluding carboxylic acids is 1. The predicted molar refractivity (Wildman–Crippen MR) is 118 cm³/mol. The number of para-hydroxylation sites is 2. The molecule has 2 aromatic carbocycles. The van der Waals surface area contributed by atoms with E-state index < -0.39 is 0 Å². The van der Waals surface area contributed by atoms with Crippen molar-refractivity contribution in [3.05, 3.63) is 59.9 Å². The zero-order valence-electron chi connectivity index (χ0n) is 17.6. The van der Waals surface area contributed by atoms with E-state index in [2.05, 4.69) is 46.8 Å². The lowest BCUT2D eigenvalue weighted by molar-refractivity contribution is -0.121. The first-order valence-corrected chi connectivity index (χ1v) is 10.6. The molecular formula is C24H30N4O. The Hall–Kier alpha value is -2.66. The third kappa shape index (κ3) is 4.35. The van der Waals surface area contributed by atoms with E-state index in [1.54, 1.807) is 0 Å². The van der Waals surface area contributed by atoms with Crippen molar-refractivity contribution < 1.29 is 4.79 Å². The minimum Gasteiger partial charge on any atom is -0.326 e. The highest BCUT2D eigenvalue weighted by Crippen LogP contribution is 2.25. The van der Waals surface area contributed by atoms with E-state index in [4.69, 9.17) is 4.98 Å². The average Bonchev–Trinajstić information content (AvgIpc) is 3.06. The van der Waals surface area contributed by atoms with E-state index in [1.807, 2.05) is 37.3 Å². The van der Waals surface area contributed by atoms with Gasteiger partial charge in [-0.25, -0.2) is 4.98 Å². The lowest BCUT2D eigenvalue weighted by Crippen LogP contribution is -2.38. The molecular weight excluding hydrogens is 360 g/mol. The summed E-state index contributed by atoms with van der Waals surface area (Å²) in [4.78, 5) is 20.0. The quantitative estimate of drug-likeness (QED) is 0.682. The van der Waals surface area contributed by atoms with Crippen LogP contribution in [0.4, 0.5) is 5.69 Å². The smallest absolute Gasteiger partial charge is 0.227 e. The maximum atomic E-state index is 12.7. The Kier molecular flexibility index (Phi) is 5.67. The van der Waals surface area contributed by atoms with Crippen molar-refractivity contribution in [3.63, 3.8) is 0 Å². The molecule has 0 aliphatic carbocycles. The molecule has 0 saturated carbocycles. The summed E-state index contributed by atoms with van der Waals surface area (Å²) in [5, 5.41) is 3.08. The fourth-order valence-electron chi connectivity index (χ4n) is 4.30. The van der Waals surface area contributed by atoms with Gasteiger partial charge in [0.05, 0.1) is 17.6 Å². The third-order valence-corrected chi connectivity index (χ3v) is 5.79. The normalized spacial score (nSPS) is 15.9. The van der Waals surface area contributed by atoms with Crippen molar-refractivity contribution in [2.24, 2.45) is 5.92 Å². The Morgan fingerprint density at radius 2 is 1.90 bits per heavy atom. The molecule has 1 N–H and O–H groups in total. The fourth-order valence-corrected chi connectivity index (χ4v) is 4.30. The average molecular weight is 391 g/mol. The van der Waals surface area contributed by atoms with Gasteiger partial charge in [-0.2, -0.15) is 0 Å². The molecule has 1 fully saturated rings. The monoisotopic (exact) mass is 390 g/mol. The van der Waals surface area contributed by atoms with Crippen LogP contribution in [0.5, 0.6) is 0 Å². The van der Waals surface area contributed by atoms with Gasteiger partial charge in [0.2, 0.25) is 5.91 Å². The highest BCUT2D eigenvalue weighted by atomic mass is 16.1. The number of hydrogen-bond donors (Lipinski definition) is 1. The van der Waals surface area contributed by atoms with E-state index in [1.165, 1.54) is 5.52 Å². The standard InChI is InChI=1S/C24H30N4O/c1-17(2)28-22-10-5-4-9-21(22)26-23(28)16-27-13-11-19(12-14-27)24(29)25-20-8-6-7-18(3)15-20/h4-10,15,17,19H,11-14,16H2,1-3H3,(H,25,29). The number of aromatic nitrogens is 2. The zero-order valence-corrected chi connectivity index (χ0v) is 17.6. The van der Waals surface area contributed by atoms with Gasteiger partial charge in [-0.1, -0.05) is 24.3 Å². The molecule has 29 heavy (non-hydrogen) atoms. The molecule has 1 aliphatic heterocycles. The van der Waals surface area contributed by atoms with Crippen molar-refractivity contribution in [2.75, 3.05) is 18.4 Å². The Morgan fingerprint density at radius 1 is 1.14 bits per heavy atom. The molecule has 1 aliphatic rings. The molecule has 0 unspecified atom stereocenters. The minimum absolute atomic E-state index is 0.0793. The second-order valence-corrected chi connectivity index (χ2v) is 8.39. The van der Waals surface area contributed by atoms with Crippen molar-refractivity contribution in [1.29, 1.82) is 0 Å². The summed E-state index contributed by atoms with van der Waals surface area (Å²) < 4.78 is 2.34. The van der Waals surface area contributed by atoms with Crippen LogP contribution in [-0.2, 0) is 11.3 Å². The molecule has 4 rings (SSSR count). The van der Waals surface area contributed by atoms with E-state index in [-0.39, 0.29) is 11.8 Å². The van der Waals surface area contributed by atoms with Gasteiger partial charge in [-0.05, 0) is 76.5 Å². The largest absolute Gasteiger partial charge is 0.326 e. The highest BCUT2D eigenvalue weighted by Gasteiger charge is 2.26. The number of hydrogen-bond acceptors (Lipinski definition) is 3. The second-order valence-electron chi connectivity index (χ2n) is 8.39. The maximum Gasteiger partial charge on any atom is 0.227 e. The van der Waals surface area contributed by atoms with Crippen LogP contribution in [-0.4, -0.2) is 33.4 Å². The van der Waals surface area contributed by atoms with Gasteiger partial charge in [0, 0.05) is 17.6 Å². The number of anilines is 1. The minimum atomic E-state index is 0.0793. The number of fused-ring (bicyclic) bond motifs is 1. The molecule has 0 radical (unpaired) electrons. The van der Waals surface area contributed by atoms with Crippen LogP contribution >= 0.6 is 0 Å². The van der Waals surface area contributed by atoms with Gasteiger partial charge in [0.15, 0.2) is 0 Å². The van der Waals surface area contributed by atoms with E-state index >= 15 is 0 Å². The number of aryl methyl sites for hydroxylation is 1. The SMILES string of the molecule is Cc1cccc(NC(=O)C2CCN(Cc3nc4ccccc4n3C(C)C)CC2)c1. The number of nitrogens with zero attached hydrogens (tertiary/aromatic N) is 3. The molecule has 2 heterocycles. The Labute approximate surface area is 172 Å². The van der Waals surface area contributed by atoms with Crippen LogP contribution < -0.4 is 5.32 Å². The number of amides is 1. The summed E-state index contributed by atoms with van der Waals surface area (Å²) in [7, 11) is 0. The van der Waals surface area contributed by atoms with Gasteiger partial charge in [-0.3, -0.25) is 9.69 Å². The molecule has 1 amide bonds. The van der Waals surface area contributed by atoms with Gasteiger partial charge in [0.1, 0.15) is 5.82 Å². The summed E-state index contributed by atoms with van der Waals surface area (Å²) in [6.07, 6.45) is 1.78. The van der Waals surface area contributed by atoms with Crippen molar-refractivity contribution in [2.45, 2.75) is 46.2 Å². The van der Waals surface area contributed by atoms with Crippen LogP contribution in [0.2, 0.25) is 0 Å². The number of carbonyl (C=O) groups is 1. The van der Waals surface area contributed by atoms with E-state index in [0.29, 0.717) is 6.04 Å². The first-order chi connectivity index (χ1) is 14.0. The van der Waals surface area contributed by atoms with Gasteiger partial charge >= 0.3 is 0 Å². The number of nitrogens with one attached hydrogen (secondary N) is 1. The topological polar surface area (TPSA) is 50.2 Å².